The molecule has 0 spiro atoms. The summed E-state index contributed by atoms with van der Waals surface area (Å²) in [6, 6.07) is 9.70. The number of morpholine rings is 1. The van der Waals surface area contributed by atoms with E-state index in [-0.39, 0.29) is 30.3 Å². The summed E-state index contributed by atoms with van der Waals surface area (Å²) in [4.78, 5) is 25.6. The van der Waals surface area contributed by atoms with E-state index in [2.05, 4.69) is 4.74 Å². The molecule has 1 aromatic rings. The van der Waals surface area contributed by atoms with E-state index in [1.54, 1.807) is 4.90 Å². The molecule has 1 aliphatic heterocycles. The first-order valence-corrected chi connectivity index (χ1v) is 7.14. The molecular weight excluding hydrogens is 270 g/mol. The molecular formula is C16H21NO4. The number of hydrogen-bond donors (Lipinski definition) is 0. The second kappa shape index (κ2) is 7.22. The summed E-state index contributed by atoms with van der Waals surface area (Å²) >= 11 is 0. The van der Waals surface area contributed by atoms with Crippen molar-refractivity contribution in [3.05, 3.63) is 35.9 Å². The van der Waals surface area contributed by atoms with Gasteiger partial charge in [0, 0.05) is 13.1 Å². The summed E-state index contributed by atoms with van der Waals surface area (Å²) in [5.41, 5.74) is 0.999. The molecule has 1 saturated heterocycles. The fourth-order valence-electron chi connectivity index (χ4n) is 2.47. The Labute approximate surface area is 124 Å². The summed E-state index contributed by atoms with van der Waals surface area (Å²) in [7, 11) is 1.35. The minimum Gasteiger partial charge on any atom is -0.469 e. The zero-order valence-corrected chi connectivity index (χ0v) is 12.5. The highest BCUT2D eigenvalue weighted by Gasteiger charge is 2.29. The van der Waals surface area contributed by atoms with Crippen LogP contribution < -0.4 is 0 Å². The first-order chi connectivity index (χ1) is 10.1. The normalized spacial score (nSPS) is 19.9. The monoisotopic (exact) mass is 291 g/mol. The highest BCUT2D eigenvalue weighted by atomic mass is 16.5. The number of ether oxygens (including phenoxy) is 2. The Hall–Kier alpha value is -1.88. The standard InChI is InChI=1S/C16H21NO4/c1-12(13-6-4-3-5-7-13)16(19)17-8-9-21-14(11-17)10-15(18)20-2/h3-7,12,14H,8-11H2,1-2H3. The van der Waals surface area contributed by atoms with Crippen LogP contribution >= 0.6 is 0 Å². The SMILES string of the molecule is COC(=O)CC1CN(C(=O)C(C)c2ccccc2)CCO1. The second-order valence-corrected chi connectivity index (χ2v) is 5.19. The van der Waals surface area contributed by atoms with Gasteiger partial charge in [-0.25, -0.2) is 0 Å². The van der Waals surface area contributed by atoms with Crippen molar-refractivity contribution in [2.24, 2.45) is 0 Å². The Morgan fingerprint density at radius 1 is 1.38 bits per heavy atom. The van der Waals surface area contributed by atoms with Crippen molar-refractivity contribution in [2.75, 3.05) is 26.8 Å². The van der Waals surface area contributed by atoms with E-state index >= 15 is 0 Å². The van der Waals surface area contributed by atoms with Crippen LogP contribution in [0.3, 0.4) is 0 Å². The number of benzene rings is 1. The molecule has 2 unspecified atom stereocenters. The molecule has 0 aliphatic carbocycles. The number of carbonyl (C=O) groups is 2. The molecule has 0 saturated carbocycles. The van der Waals surface area contributed by atoms with Crippen LogP contribution in [-0.4, -0.2) is 49.7 Å². The first kappa shape index (κ1) is 15.5. The van der Waals surface area contributed by atoms with E-state index in [4.69, 9.17) is 4.74 Å². The third kappa shape index (κ3) is 4.04. The maximum Gasteiger partial charge on any atom is 0.308 e. The third-order valence-corrected chi connectivity index (χ3v) is 3.74. The topological polar surface area (TPSA) is 55.8 Å². The van der Waals surface area contributed by atoms with Gasteiger partial charge in [0.05, 0.1) is 32.2 Å². The summed E-state index contributed by atoms with van der Waals surface area (Å²) in [6.07, 6.45) is -0.0990. The molecule has 1 amide bonds. The molecule has 5 heteroatoms. The molecule has 1 fully saturated rings. The molecule has 114 valence electrons. The smallest absolute Gasteiger partial charge is 0.308 e. The van der Waals surface area contributed by atoms with Crippen LogP contribution in [0.25, 0.3) is 0 Å². The van der Waals surface area contributed by atoms with Gasteiger partial charge in [-0.2, -0.15) is 0 Å². The quantitative estimate of drug-likeness (QED) is 0.790. The predicted octanol–water partition coefficient (Wildman–Crippen LogP) is 1.58. The Morgan fingerprint density at radius 3 is 2.76 bits per heavy atom. The van der Waals surface area contributed by atoms with Gasteiger partial charge in [0.2, 0.25) is 5.91 Å². The Balaban J connectivity index is 1.97. The van der Waals surface area contributed by atoms with Crippen LogP contribution in [-0.2, 0) is 19.1 Å². The number of nitrogens with zero attached hydrogens (tertiary/aromatic N) is 1. The molecule has 5 nitrogen and oxygen atoms in total. The number of esters is 1. The number of rotatable bonds is 4. The first-order valence-electron chi connectivity index (χ1n) is 7.14. The van der Waals surface area contributed by atoms with Gasteiger partial charge in [0.15, 0.2) is 0 Å². The van der Waals surface area contributed by atoms with Crippen molar-refractivity contribution in [1.82, 2.24) is 4.90 Å². The van der Waals surface area contributed by atoms with Gasteiger partial charge in [0.25, 0.3) is 0 Å². The lowest BCUT2D eigenvalue weighted by molar-refractivity contribution is -0.150. The second-order valence-electron chi connectivity index (χ2n) is 5.19. The largest absolute Gasteiger partial charge is 0.469 e. The van der Waals surface area contributed by atoms with Crippen molar-refractivity contribution >= 4 is 11.9 Å². The van der Waals surface area contributed by atoms with Gasteiger partial charge in [-0.05, 0) is 12.5 Å². The average Bonchev–Trinajstić information content (AvgIpc) is 2.54. The zero-order valence-electron chi connectivity index (χ0n) is 12.5. The highest BCUT2D eigenvalue weighted by molar-refractivity contribution is 5.83. The summed E-state index contributed by atoms with van der Waals surface area (Å²) in [5.74, 6) is -0.437. The van der Waals surface area contributed by atoms with Crippen LogP contribution in [0, 0.1) is 0 Å². The van der Waals surface area contributed by atoms with E-state index in [9.17, 15) is 9.59 Å². The maximum absolute atomic E-state index is 12.6. The molecule has 0 aromatic heterocycles. The average molecular weight is 291 g/mol. The van der Waals surface area contributed by atoms with Crippen LogP contribution in [0.15, 0.2) is 30.3 Å². The fraction of sp³-hybridized carbons (Fsp3) is 0.500. The van der Waals surface area contributed by atoms with Crippen molar-refractivity contribution < 1.29 is 19.1 Å². The number of carbonyl (C=O) groups excluding carboxylic acids is 2. The molecule has 1 aliphatic rings. The van der Waals surface area contributed by atoms with Gasteiger partial charge < -0.3 is 14.4 Å². The molecule has 1 aromatic carbocycles. The number of hydrogen-bond acceptors (Lipinski definition) is 4. The van der Waals surface area contributed by atoms with Crippen molar-refractivity contribution in [3.8, 4) is 0 Å². The molecule has 1 heterocycles. The minimum absolute atomic E-state index is 0.0689. The zero-order chi connectivity index (χ0) is 15.2. The number of amides is 1. The van der Waals surface area contributed by atoms with E-state index < -0.39 is 0 Å². The van der Waals surface area contributed by atoms with Crippen molar-refractivity contribution in [2.45, 2.75) is 25.4 Å². The molecule has 21 heavy (non-hydrogen) atoms. The maximum atomic E-state index is 12.6. The Bertz CT molecular complexity index is 488. The van der Waals surface area contributed by atoms with Crippen LogP contribution in [0.4, 0.5) is 0 Å². The lowest BCUT2D eigenvalue weighted by Gasteiger charge is -2.34. The Kier molecular flexibility index (Phi) is 5.33. The molecule has 0 radical (unpaired) electrons. The highest BCUT2D eigenvalue weighted by Crippen LogP contribution is 2.20. The van der Waals surface area contributed by atoms with Gasteiger partial charge in [-0.3, -0.25) is 9.59 Å². The third-order valence-electron chi connectivity index (χ3n) is 3.74. The van der Waals surface area contributed by atoms with E-state index in [1.807, 2.05) is 37.3 Å². The van der Waals surface area contributed by atoms with Gasteiger partial charge >= 0.3 is 5.97 Å². The lowest BCUT2D eigenvalue weighted by atomic mass is 9.99. The van der Waals surface area contributed by atoms with E-state index in [0.29, 0.717) is 19.7 Å². The lowest BCUT2D eigenvalue weighted by Crippen LogP contribution is -2.47. The van der Waals surface area contributed by atoms with Crippen LogP contribution in [0.2, 0.25) is 0 Å². The molecule has 0 N–H and O–H groups in total. The number of methoxy groups -OCH3 is 1. The summed E-state index contributed by atoms with van der Waals surface area (Å²) < 4.78 is 10.2. The minimum atomic E-state index is -0.314. The fourth-order valence-corrected chi connectivity index (χ4v) is 2.47. The molecule has 2 atom stereocenters. The van der Waals surface area contributed by atoms with Gasteiger partial charge in [-0.15, -0.1) is 0 Å². The van der Waals surface area contributed by atoms with E-state index in [0.717, 1.165) is 5.56 Å². The summed E-state index contributed by atoms with van der Waals surface area (Å²) in [6.45, 7) is 3.36. The summed E-state index contributed by atoms with van der Waals surface area (Å²) in [5, 5.41) is 0. The Morgan fingerprint density at radius 2 is 2.10 bits per heavy atom. The molecule has 2 rings (SSSR count). The van der Waals surface area contributed by atoms with Crippen LogP contribution in [0.5, 0.6) is 0 Å². The van der Waals surface area contributed by atoms with Crippen LogP contribution in [0.1, 0.15) is 24.8 Å². The predicted molar refractivity (Wildman–Crippen MR) is 77.8 cm³/mol. The van der Waals surface area contributed by atoms with Crippen molar-refractivity contribution in [1.29, 1.82) is 0 Å². The van der Waals surface area contributed by atoms with Gasteiger partial charge in [0.1, 0.15) is 0 Å². The molecule has 0 bridgehead atoms. The van der Waals surface area contributed by atoms with Gasteiger partial charge in [-0.1, -0.05) is 30.3 Å². The van der Waals surface area contributed by atoms with Crippen molar-refractivity contribution in [3.63, 3.8) is 0 Å². The van der Waals surface area contributed by atoms with E-state index in [1.165, 1.54) is 7.11 Å².